The fraction of sp³-hybridized carbons (Fsp3) is 0.421. The van der Waals surface area contributed by atoms with Crippen molar-refractivity contribution in [2.75, 3.05) is 26.6 Å². The Morgan fingerprint density at radius 2 is 2.04 bits per heavy atom. The SMILES string of the molecule is C#CCN(O)C(=O)CC[C@@H](COCOCC)NC(=O)c1ccc(C#N)cc1. The molecule has 2 amide bonds. The van der Waals surface area contributed by atoms with Gasteiger partial charge >= 0.3 is 0 Å². The summed E-state index contributed by atoms with van der Waals surface area (Å²) in [4.78, 5) is 24.2. The number of hydrogen-bond donors (Lipinski definition) is 2. The first-order valence-corrected chi connectivity index (χ1v) is 8.41. The van der Waals surface area contributed by atoms with Gasteiger partial charge in [-0.2, -0.15) is 5.26 Å². The molecule has 0 bridgehead atoms. The van der Waals surface area contributed by atoms with Gasteiger partial charge in [0.25, 0.3) is 5.91 Å². The molecular weight excluding hydrogens is 350 g/mol. The molecule has 2 N–H and O–H groups in total. The Bertz CT molecular complexity index is 691. The molecule has 1 atom stereocenters. The Hall–Kier alpha value is -2.91. The number of nitrogens with one attached hydrogen (secondary N) is 1. The highest BCUT2D eigenvalue weighted by Gasteiger charge is 2.18. The Morgan fingerprint density at radius 3 is 2.63 bits per heavy atom. The Kier molecular flexibility index (Phi) is 10.2. The van der Waals surface area contributed by atoms with E-state index in [9.17, 15) is 14.8 Å². The summed E-state index contributed by atoms with van der Waals surface area (Å²) in [5.41, 5.74) is 0.830. The molecule has 0 saturated carbocycles. The summed E-state index contributed by atoms with van der Waals surface area (Å²) in [5, 5.41) is 21.5. The molecule has 1 aromatic rings. The van der Waals surface area contributed by atoms with Crippen molar-refractivity contribution in [3.05, 3.63) is 35.4 Å². The van der Waals surface area contributed by atoms with Crippen LogP contribution in [0.2, 0.25) is 0 Å². The highest BCUT2D eigenvalue weighted by atomic mass is 16.7. The van der Waals surface area contributed by atoms with Gasteiger partial charge in [-0.05, 0) is 37.6 Å². The zero-order chi connectivity index (χ0) is 20.1. The van der Waals surface area contributed by atoms with Gasteiger partial charge in [0.05, 0.1) is 24.3 Å². The molecule has 144 valence electrons. The summed E-state index contributed by atoms with van der Waals surface area (Å²) in [6.45, 7) is 2.31. The van der Waals surface area contributed by atoms with Crippen LogP contribution < -0.4 is 5.32 Å². The molecule has 0 aliphatic carbocycles. The number of carbonyl (C=O) groups excluding carboxylic acids is 2. The average Bonchev–Trinajstić information content (AvgIpc) is 2.68. The Labute approximate surface area is 158 Å². The molecule has 1 rings (SSSR count). The van der Waals surface area contributed by atoms with Crippen molar-refractivity contribution in [2.24, 2.45) is 0 Å². The highest BCUT2D eigenvalue weighted by Crippen LogP contribution is 2.07. The van der Waals surface area contributed by atoms with Gasteiger partial charge in [0.15, 0.2) is 0 Å². The lowest BCUT2D eigenvalue weighted by Gasteiger charge is -2.20. The summed E-state index contributed by atoms with van der Waals surface area (Å²) in [6, 6.07) is 7.68. The molecule has 27 heavy (non-hydrogen) atoms. The number of hydrogen-bond acceptors (Lipinski definition) is 6. The summed E-state index contributed by atoms with van der Waals surface area (Å²) in [5.74, 6) is 1.26. The van der Waals surface area contributed by atoms with Crippen LogP contribution in [-0.2, 0) is 14.3 Å². The minimum atomic E-state index is -0.546. The van der Waals surface area contributed by atoms with E-state index in [1.165, 1.54) is 0 Å². The molecule has 0 unspecified atom stereocenters. The average molecular weight is 373 g/mol. The zero-order valence-electron chi connectivity index (χ0n) is 15.2. The number of amides is 2. The second-order valence-corrected chi connectivity index (χ2v) is 5.54. The van der Waals surface area contributed by atoms with E-state index in [2.05, 4.69) is 11.2 Å². The molecule has 0 heterocycles. The molecule has 0 spiro atoms. The molecule has 8 nitrogen and oxygen atoms in total. The van der Waals surface area contributed by atoms with Crippen molar-refractivity contribution >= 4 is 11.8 Å². The third-order valence-corrected chi connectivity index (χ3v) is 3.54. The largest absolute Gasteiger partial charge is 0.356 e. The van der Waals surface area contributed by atoms with Crippen LogP contribution in [0, 0.1) is 23.7 Å². The maximum absolute atomic E-state index is 12.4. The minimum Gasteiger partial charge on any atom is -0.356 e. The van der Waals surface area contributed by atoms with Crippen molar-refractivity contribution < 1.29 is 24.3 Å². The van der Waals surface area contributed by atoms with Crippen molar-refractivity contribution in [3.63, 3.8) is 0 Å². The van der Waals surface area contributed by atoms with Crippen LogP contribution in [0.15, 0.2) is 24.3 Å². The van der Waals surface area contributed by atoms with Crippen LogP contribution >= 0.6 is 0 Å². The van der Waals surface area contributed by atoms with Crippen molar-refractivity contribution in [1.82, 2.24) is 10.4 Å². The molecule has 0 aliphatic heterocycles. The first-order valence-electron chi connectivity index (χ1n) is 8.41. The van der Waals surface area contributed by atoms with Crippen LogP contribution in [0.4, 0.5) is 0 Å². The topological polar surface area (TPSA) is 112 Å². The summed E-state index contributed by atoms with van der Waals surface area (Å²) in [6.07, 6.45) is 5.28. The smallest absolute Gasteiger partial charge is 0.251 e. The van der Waals surface area contributed by atoms with Crippen molar-refractivity contribution in [2.45, 2.75) is 25.8 Å². The second-order valence-electron chi connectivity index (χ2n) is 5.54. The van der Waals surface area contributed by atoms with E-state index in [4.69, 9.17) is 21.2 Å². The predicted octanol–water partition coefficient (Wildman–Crippen LogP) is 1.30. The van der Waals surface area contributed by atoms with E-state index >= 15 is 0 Å². The van der Waals surface area contributed by atoms with Gasteiger partial charge in [-0.15, -0.1) is 6.42 Å². The molecule has 8 heteroatoms. The van der Waals surface area contributed by atoms with Crippen LogP contribution in [0.1, 0.15) is 35.7 Å². The zero-order valence-corrected chi connectivity index (χ0v) is 15.2. The van der Waals surface area contributed by atoms with E-state index in [-0.39, 0.29) is 38.7 Å². The van der Waals surface area contributed by atoms with Gasteiger partial charge in [0.2, 0.25) is 5.91 Å². The third kappa shape index (κ3) is 8.34. The lowest BCUT2D eigenvalue weighted by atomic mass is 10.1. The van der Waals surface area contributed by atoms with Gasteiger partial charge in [-0.1, -0.05) is 5.92 Å². The number of carbonyl (C=O) groups is 2. The maximum Gasteiger partial charge on any atom is 0.251 e. The molecule has 0 radical (unpaired) electrons. The molecule has 0 aromatic heterocycles. The van der Waals surface area contributed by atoms with Gasteiger partial charge in [0.1, 0.15) is 13.3 Å². The summed E-state index contributed by atoms with van der Waals surface area (Å²) in [7, 11) is 0. The number of rotatable bonds is 11. The van der Waals surface area contributed by atoms with E-state index in [0.29, 0.717) is 22.8 Å². The summed E-state index contributed by atoms with van der Waals surface area (Å²) >= 11 is 0. The third-order valence-electron chi connectivity index (χ3n) is 3.54. The number of ether oxygens (including phenoxy) is 2. The normalized spacial score (nSPS) is 11.1. The first kappa shape index (κ1) is 22.1. The van der Waals surface area contributed by atoms with E-state index in [0.717, 1.165) is 0 Å². The minimum absolute atomic E-state index is 0.0194. The van der Waals surface area contributed by atoms with Gasteiger partial charge < -0.3 is 14.8 Å². The standard InChI is InChI=1S/C19H23N3O5/c1-3-11-22(25)18(23)10-9-17(13-27-14-26-4-2)21-19(24)16-7-5-15(12-20)6-8-16/h1,5-8,17,25H,4,9-11,13-14H2,2H3,(H,21,24)/t17-/m0/s1. The van der Waals surface area contributed by atoms with Gasteiger partial charge in [-0.25, -0.2) is 5.06 Å². The van der Waals surface area contributed by atoms with E-state index in [1.54, 1.807) is 24.3 Å². The lowest BCUT2D eigenvalue weighted by molar-refractivity contribution is -0.162. The van der Waals surface area contributed by atoms with E-state index in [1.807, 2.05) is 13.0 Å². The molecule has 0 fully saturated rings. The quantitative estimate of drug-likeness (QED) is 0.199. The monoisotopic (exact) mass is 373 g/mol. The fourth-order valence-corrected chi connectivity index (χ4v) is 2.10. The van der Waals surface area contributed by atoms with Gasteiger partial charge in [-0.3, -0.25) is 14.8 Å². The fourth-order valence-electron chi connectivity index (χ4n) is 2.10. The van der Waals surface area contributed by atoms with Crippen LogP contribution in [-0.4, -0.2) is 54.7 Å². The van der Waals surface area contributed by atoms with Crippen molar-refractivity contribution in [3.8, 4) is 18.4 Å². The predicted molar refractivity (Wildman–Crippen MR) is 96.4 cm³/mol. The second kappa shape index (κ2) is 12.4. The number of hydroxylamine groups is 2. The van der Waals surface area contributed by atoms with Crippen LogP contribution in [0.5, 0.6) is 0 Å². The van der Waals surface area contributed by atoms with Crippen molar-refractivity contribution in [1.29, 1.82) is 5.26 Å². The number of terminal acetylenes is 1. The van der Waals surface area contributed by atoms with E-state index < -0.39 is 11.9 Å². The number of nitrogens with zero attached hydrogens (tertiary/aromatic N) is 2. The highest BCUT2D eigenvalue weighted by molar-refractivity contribution is 5.94. The lowest BCUT2D eigenvalue weighted by Crippen LogP contribution is -2.39. The number of benzene rings is 1. The molecular formula is C19H23N3O5. The molecule has 0 saturated heterocycles. The Balaban J connectivity index is 2.66. The molecule has 1 aromatic carbocycles. The first-order chi connectivity index (χ1) is 13.0. The van der Waals surface area contributed by atoms with Gasteiger partial charge in [0, 0.05) is 18.6 Å². The molecule has 0 aliphatic rings. The van der Waals surface area contributed by atoms with Crippen LogP contribution in [0.3, 0.4) is 0 Å². The van der Waals surface area contributed by atoms with Crippen LogP contribution in [0.25, 0.3) is 0 Å². The Morgan fingerprint density at radius 1 is 1.33 bits per heavy atom. The summed E-state index contributed by atoms with van der Waals surface area (Å²) < 4.78 is 10.4. The number of nitriles is 1. The maximum atomic E-state index is 12.4.